The fraction of sp³-hybridized carbons (Fsp3) is 0.462. The lowest BCUT2D eigenvalue weighted by Gasteiger charge is -2.21. The van der Waals surface area contributed by atoms with Crippen molar-refractivity contribution in [1.82, 2.24) is 0 Å². The Hall–Kier alpha value is -0.770. The molecule has 1 rings (SSSR count). The molecule has 0 aliphatic rings. The third-order valence-electron chi connectivity index (χ3n) is 2.69. The molecule has 0 aromatic heterocycles. The molecule has 0 radical (unpaired) electrons. The molecule has 0 fully saturated rings. The number of aliphatic hydroxyl groups is 1. The molecule has 0 spiro atoms. The SMILES string of the molecule is CCOC(=O)C(CC)C(O)c1ccc(Cl)cc1Cl. The summed E-state index contributed by atoms with van der Waals surface area (Å²) in [5.41, 5.74) is 0.487. The van der Waals surface area contributed by atoms with E-state index in [4.69, 9.17) is 27.9 Å². The van der Waals surface area contributed by atoms with E-state index in [0.29, 0.717) is 22.0 Å². The number of carbonyl (C=O) groups is 1. The Morgan fingerprint density at radius 1 is 1.39 bits per heavy atom. The van der Waals surface area contributed by atoms with Crippen LogP contribution >= 0.6 is 23.2 Å². The molecule has 0 amide bonds. The monoisotopic (exact) mass is 290 g/mol. The third kappa shape index (κ3) is 3.61. The highest BCUT2D eigenvalue weighted by molar-refractivity contribution is 6.35. The van der Waals surface area contributed by atoms with Gasteiger partial charge < -0.3 is 9.84 Å². The van der Waals surface area contributed by atoms with Crippen LogP contribution < -0.4 is 0 Å². The van der Waals surface area contributed by atoms with Gasteiger partial charge in [0.05, 0.1) is 18.6 Å². The van der Waals surface area contributed by atoms with E-state index in [9.17, 15) is 9.90 Å². The predicted octanol–water partition coefficient (Wildman–Crippen LogP) is 3.62. The number of halogens is 2. The molecule has 1 N–H and O–H groups in total. The van der Waals surface area contributed by atoms with E-state index >= 15 is 0 Å². The van der Waals surface area contributed by atoms with Gasteiger partial charge in [-0.1, -0.05) is 36.2 Å². The van der Waals surface area contributed by atoms with Crippen LogP contribution in [0.2, 0.25) is 10.0 Å². The first kappa shape index (κ1) is 15.3. The van der Waals surface area contributed by atoms with Gasteiger partial charge in [0.25, 0.3) is 0 Å². The van der Waals surface area contributed by atoms with Gasteiger partial charge in [0.15, 0.2) is 0 Å². The summed E-state index contributed by atoms with van der Waals surface area (Å²) in [6, 6.07) is 4.79. The van der Waals surface area contributed by atoms with Crippen molar-refractivity contribution < 1.29 is 14.6 Å². The van der Waals surface area contributed by atoms with E-state index in [1.165, 1.54) is 0 Å². The molecule has 1 aromatic carbocycles. The molecule has 0 aliphatic heterocycles. The number of ether oxygens (including phenoxy) is 1. The van der Waals surface area contributed by atoms with Crippen molar-refractivity contribution in [2.75, 3.05) is 6.61 Å². The first-order valence-electron chi connectivity index (χ1n) is 5.80. The van der Waals surface area contributed by atoms with Crippen LogP contribution in [-0.2, 0) is 9.53 Å². The largest absolute Gasteiger partial charge is 0.466 e. The molecular formula is C13H16Cl2O3. The van der Waals surface area contributed by atoms with Gasteiger partial charge in [-0.25, -0.2) is 0 Å². The average Bonchev–Trinajstić information content (AvgIpc) is 2.29. The van der Waals surface area contributed by atoms with Crippen LogP contribution in [0.15, 0.2) is 18.2 Å². The highest BCUT2D eigenvalue weighted by atomic mass is 35.5. The van der Waals surface area contributed by atoms with E-state index in [1.54, 1.807) is 25.1 Å². The lowest BCUT2D eigenvalue weighted by atomic mass is 9.93. The van der Waals surface area contributed by atoms with E-state index in [1.807, 2.05) is 6.92 Å². The van der Waals surface area contributed by atoms with Gasteiger partial charge in [-0.3, -0.25) is 4.79 Å². The molecule has 1 aromatic rings. The number of aliphatic hydroxyl groups excluding tert-OH is 1. The summed E-state index contributed by atoms with van der Waals surface area (Å²) in [5, 5.41) is 11.1. The predicted molar refractivity (Wildman–Crippen MR) is 71.8 cm³/mol. The van der Waals surface area contributed by atoms with Crippen LogP contribution in [0.4, 0.5) is 0 Å². The minimum Gasteiger partial charge on any atom is -0.466 e. The average molecular weight is 291 g/mol. The zero-order valence-electron chi connectivity index (χ0n) is 10.3. The first-order valence-corrected chi connectivity index (χ1v) is 6.56. The normalized spacial score (nSPS) is 14.1. The fourth-order valence-electron chi connectivity index (χ4n) is 1.73. The molecule has 3 nitrogen and oxygen atoms in total. The lowest BCUT2D eigenvalue weighted by Crippen LogP contribution is -2.24. The maximum Gasteiger partial charge on any atom is 0.311 e. The van der Waals surface area contributed by atoms with E-state index in [2.05, 4.69) is 0 Å². The van der Waals surface area contributed by atoms with Gasteiger partial charge in [-0.05, 0) is 25.5 Å². The highest BCUT2D eigenvalue weighted by Gasteiger charge is 2.29. The first-order chi connectivity index (χ1) is 8.51. The van der Waals surface area contributed by atoms with E-state index in [0.717, 1.165) is 0 Å². The molecule has 2 unspecified atom stereocenters. The van der Waals surface area contributed by atoms with Crippen molar-refractivity contribution in [2.45, 2.75) is 26.4 Å². The van der Waals surface area contributed by atoms with Crippen molar-refractivity contribution in [3.8, 4) is 0 Å². The summed E-state index contributed by atoms with van der Waals surface area (Å²) in [6.07, 6.45) is -0.516. The number of esters is 1. The van der Waals surface area contributed by atoms with Crippen molar-refractivity contribution in [3.05, 3.63) is 33.8 Å². The Labute approximate surface area is 117 Å². The third-order valence-corrected chi connectivity index (χ3v) is 3.25. The maximum atomic E-state index is 11.7. The van der Waals surface area contributed by atoms with Gasteiger partial charge in [0.2, 0.25) is 0 Å². The zero-order chi connectivity index (χ0) is 13.7. The number of carbonyl (C=O) groups excluding carboxylic acids is 1. The molecule has 0 bridgehead atoms. The van der Waals surface area contributed by atoms with Crippen molar-refractivity contribution in [2.24, 2.45) is 5.92 Å². The molecule has 0 aliphatic carbocycles. The van der Waals surface area contributed by atoms with Crippen LogP contribution in [0.1, 0.15) is 31.9 Å². The lowest BCUT2D eigenvalue weighted by molar-refractivity contribution is -0.152. The summed E-state index contributed by atoms with van der Waals surface area (Å²) in [7, 11) is 0. The van der Waals surface area contributed by atoms with E-state index < -0.39 is 18.0 Å². The Balaban J connectivity index is 2.96. The Morgan fingerprint density at radius 2 is 2.06 bits per heavy atom. The Kier molecular flexibility index (Phi) is 5.93. The van der Waals surface area contributed by atoms with Gasteiger partial charge in [-0.2, -0.15) is 0 Å². The van der Waals surface area contributed by atoms with Crippen molar-refractivity contribution in [3.63, 3.8) is 0 Å². The summed E-state index contributed by atoms with van der Waals surface area (Å²) in [4.78, 5) is 11.7. The number of hydrogen-bond donors (Lipinski definition) is 1. The van der Waals surface area contributed by atoms with Crippen LogP contribution in [0.3, 0.4) is 0 Å². The molecule has 5 heteroatoms. The van der Waals surface area contributed by atoms with Crippen LogP contribution in [0.25, 0.3) is 0 Å². The van der Waals surface area contributed by atoms with E-state index in [-0.39, 0.29) is 6.61 Å². The van der Waals surface area contributed by atoms with Gasteiger partial charge >= 0.3 is 5.97 Å². The van der Waals surface area contributed by atoms with Crippen LogP contribution in [0, 0.1) is 5.92 Å². The second-order valence-corrected chi connectivity index (χ2v) is 4.72. The van der Waals surface area contributed by atoms with Gasteiger partial charge in [0, 0.05) is 15.6 Å². The summed E-state index contributed by atoms with van der Waals surface area (Å²) < 4.78 is 4.93. The van der Waals surface area contributed by atoms with Crippen molar-refractivity contribution >= 4 is 29.2 Å². The summed E-state index contributed by atoms with van der Waals surface area (Å²) in [6.45, 7) is 3.83. The van der Waals surface area contributed by atoms with Crippen LogP contribution in [-0.4, -0.2) is 17.7 Å². The smallest absolute Gasteiger partial charge is 0.311 e. The minimum atomic E-state index is -0.987. The highest BCUT2D eigenvalue weighted by Crippen LogP contribution is 2.32. The molecule has 2 atom stereocenters. The van der Waals surface area contributed by atoms with Gasteiger partial charge in [0.1, 0.15) is 0 Å². The zero-order valence-corrected chi connectivity index (χ0v) is 11.8. The molecule has 18 heavy (non-hydrogen) atoms. The molecule has 0 saturated heterocycles. The number of hydrogen-bond acceptors (Lipinski definition) is 3. The minimum absolute atomic E-state index is 0.288. The number of benzene rings is 1. The quantitative estimate of drug-likeness (QED) is 0.843. The van der Waals surface area contributed by atoms with Crippen LogP contribution in [0.5, 0.6) is 0 Å². The number of rotatable bonds is 5. The second-order valence-electron chi connectivity index (χ2n) is 3.88. The maximum absolute atomic E-state index is 11.7. The second kappa shape index (κ2) is 6.98. The Bertz CT molecular complexity index is 421. The molecular weight excluding hydrogens is 275 g/mol. The van der Waals surface area contributed by atoms with Crippen molar-refractivity contribution in [1.29, 1.82) is 0 Å². The topological polar surface area (TPSA) is 46.5 Å². The van der Waals surface area contributed by atoms with Gasteiger partial charge in [-0.15, -0.1) is 0 Å². The summed E-state index contributed by atoms with van der Waals surface area (Å²) >= 11 is 11.8. The molecule has 0 saturated carbocycles. The standard InChI is InChI=1S/C13H16Cl2O3/c1-3-9(13(17)18-4-2)12(16)10-6-5-8(14)7-11(10)15/h5-7,9,12,16H,3-4H2,1-2H3. The molecule has 0 heterocycles. The Morgan fingerprint density at radius 3 is 2.56 bits per heavy atom. The fourth-order valence-corrected chi connectivity index (χ4v) is 2.25. The summed E-state index contributed by atoms with van der Waals surface area (Å²) in [5.74, 6) is -1.04. The molecule has 100 valence electrons.